The number of anilines is 3. The van der Waals surface area contributed by atoms with Gasteiger partial charge in [-0.25, -0.2) is 15.0 Å². The summed E-state index contributed by atoms with van der Waals surface area (Å²) in [5.74, 6) is 2.85. The van der Waals surface area contributed by atoms with E-state index in [2.05, 4.69) is 45.5 Å². The van der Waals surface area contributed by atoms with Crippen molar-refractivity contribution < 1.29 is 4.74 Å². The van der Waals surface area contributed by atoms with E-state index in [9.17, 15) is 0 Å². The van der Waals surface area contributed by atoms with Crippen LogP contribution in [0.15, 0.2) is 61.1 Å². The van der Waals surface area contributed by atoms with Crippen LogP contribution in [0.5, 0.6) is 5.75 Å². The van der Waals surface area contributed by atoms with Crippen molar-refractivity contribution in [1.82, 2.24) is 19.9 Å². The molecule has 0 aliphatic rings. The van der Waals surface area contributed by atoms with Crippen LogP contribution in [0.4, 0.5) is 17.5 Å². The van der Waals surface area contributed by atoms with Gasteiger partial charge < -0.3 is 21.1 Å². The van der Waals surface area contributed by atoms with Crippen molar-refractivity contribution in [3.05, 3.63) is 83.4 Å². The number of nitrogens with one attached hydrogen (secondary N) is 2. The fourth-order valence-corrected chi connectivity index (χ4v) is 4.28. The Labute approximate surface area is 203 Å². The summed E-state index contributed by atoms with van der Waals surface area (Å²) < 4.78 is 5.29. The molecule has 0 spiro atoms. The number of hydrogen-bond donors (Lipinski definition) is 3. The normalized spacial score (nSPS) is 11.1. The molecule has 176 valence electrons. The highest BCUT2D eigenvalue weighted by Gasteiger charge is 2.11. The summed E-state index contributed by atoms with van der Waals surface area (Å²) in [5.41, 5.74) is 11.5. The Hall–Kier alpha value is -4.46. The van der Waals surface area contributed by atoms with Crippen LogP contribution in [0.25, 0.3) is 21.7 Å². The molecule has 0 fully saturated rings. The van der Waals surface area contributed by atoms with E-state index < -0.39 is 0 Å². The average Bonchev–Trinajstić information content (AvgIpc) is 2.88. The predicted octanol–water partition coefficient (Wildman–Crippen LogP) is 5.00. The van der Waals surface area contributed by atoms with Crippen LogP contribution in [0.3, 0.4) is 0 Å². The molecule has 3 heterocycles. The molecular formula is C27H27N7O. The second kappa shape index (κ2) is 9.42. The number of aromatic nitrogens is 4. The molecule has 0 radical (unpaired) electrons. The van der Waals surface area contributed by atoms with Gasteiger partial charge in [0.1, 0.15) is 29.5 Å². The van der Waals surface area contributed by atoms with Gasteiger partial charge in [0, 0.05) is 29.6 Å². The highest BCUT2D eigenvalue weighted by molar-refractivity contribution is 5.94. The van der Waals surface area contributed by atoms with Gasteiger partial charge in [0.25, 0.3) is 0 Å². The van der Waals surface area contributed by atoms with E-state index in [4.69, 9.17) is 15.5 Å². The van der Waals surface area contributed by atoms with E-state index in [1.54, 1.807) is 19.6 Å². The van der Waals surface area contributed by atoms with Gasteiger partial charge in [0.15, 0.2) is 0 Å². The smallest absolute Gasteiger partial charge is 0.131 e. The zero-order chi connectivity index (χ0) is 24.4. The third-order valence-electron chi connectivity index (χ3n) is 6.23. The minimum atomic E-state index is 0.552. The maximum absolute atomic E-state index is 6.08. The fraction of sp³-hybridized carbons (Fsp3) is 0.185. The number of ether oxygens (including phenoxy) is 1. The number of nitrogens with zero attached hydrogens (tertiary/aromatic N) is 4. The number of rotatable bonds is 7. The number of pyridine rings is 2. The van der Waals surface area contributed by atoms with Crippen LogP contribution in [-0.2, 0) is 13.1 Å². The Morgan fingerprint density at radius 1 is 0.857 bits per heavy atom. The molecule has 2 aromatic carbocycles. The molecule has 0 atom stereocenters. The summed E-state index contributed by atoms with van der Waals surface area (Å²) in [5, 5.41) is 9.92. The van der Waals surface area contributed by atoms with E-state index >= 15 is 0 Å². The monoisotopic (exact) mass is 465 g/mol. The SMILES string of the molecule is COc1ccc2nc(CNc3cc(NCc4c(C)cc5c(N)nccc5c4C)ncn3)ccc2c1. The predicted molar refractivity (Wildman–Crippen MR) is 141 cm³/mol. The molecule has 8 heteroatoms. The van der Waals surface area contributed by atoms with E-state index in [0.29, 0.717) is 18.9 Å². The maximum Gasteiger partial charge on any atom is 0.131 e. The van der Waals surface area contributed by atoms with Gasteiger partial charge in [-0.05, 0) is 72.3 Å². The van der Waals surface area contributed by atoms with Crippen molar-refractivity contribution in [3.8, 4) is 5.75 Å². The third kappa shape index (κ3) is 4.63. The summed E-state index contributed by atoms with van der Waals surface area (Å²) in [7, 11) is 1.66. The Morgan fingerprint density at radius 2 is 1.66 bits per heavy atom. The molecule has 0 aliphatic carbocycles. The summed E-state index contributed by atoms with van der Waals surface area (Å²) in [6, 6.07) is 15.9. The van der Waals surface area contributed by atoms with Crippen molar-refractivity contribution in [3.63, 3.8) is 0 Å². The lowest BCUT2D eigenvalue weighted by molar-refractivity contribution is 0.415. The van der Waals surface area contributed by atoms with Crippen LogP contribution in [0, 0.1) is 13.8 Å². The molecule has 35 heavy (non-hydrogen) atoms. The largest absolute Gasteiger partial charge is 0.497 e. The zero-order valence-corrected chi connectivity index (χ0v) is 20.0. The lowest BCUT2D eigenvalue weighted by Gasteiger charge is -2.15. The minimum Gasteiger partial charge on any atom is -0.497 e. The van der Waals surface area contributed by atoms with Gasteiger partial charge in [-0.1, -0.05) is 6.07 Å². The lowest BCUT2D eigenvalue weighted by Crippen LogP contribution is -2.08. The first-order chi connectivity index (χ1) is 17.0. The maximum atomic E-state index is 6.08. The molecule has 0 saturated heterocycles. The molecule has 0 saturated carbocycles. The second-order valence-electron chi connectivity index (χ2n) is 8.45. The van der Waals surface area contributed by atoms with Crippen molar-refractivity contribution in [2.24, 2.45) is 0 Å². The molecule has 8 nitrogen and oxygen atoms in total. The second-order valence-corrected chi connectivity index (χ2v) is 8.45. The molecule has 0 aliphatic heterocycles. The number of nitrogen functional groups attached to an aromatic ring is 1. The number of fused-ring (bicyclic) bond motifs is 2. The first kappa shape index (κ1) is 22.3. The van der Waals surface area contributed by atoms with Gasteiger partial charge in [0.2, 0.25) is 0 Å². The Bertz CT molecular complexity index is 1530. The topological polar surface area (TPSA) is 111 Å². The van der Waals surface area contributed by atoms with Crippen LogP contribution < -0.4 is 21.1 Å². The fourth-order valence-electron chi connectivity index (χ4n) is 4.28. The van der Waals surface area contributed by atoms with Gasteiger partial charge in [-0.3, -0.25) is 4.98 Å². The molecule has 5 aromatic rings. The quantitative estimate of drug-likeness (QED) is 0.308. The third-order valence-corrected chi connectivity index (χ3v) is 6.23. The highest BCUT2D eigenvalue weighted by Crippen LogP contribution is 2.28. The summed E-state index contributed by atoms with van der Waals surface area (Å²) in [6.07, 6.45) is 3.30. The number of methoxy groups -OCH3 is 1. The van der Waals surface area contributed by atoms with Crippen LogP contribution in [0.2, 0.25) is 0 Å². The molecule has 3 aromatic heterocycles. The summed E-state index contributed by atoms with van der Waals surface area (Å²) in [4.78, 5) is 17.7. The lowest BCUT2D eigenvalue weighted by atomic mass is 9.96. The Balaban J connectivity index is 1.28. The van der Waals surface area contributed by atoms with E-state index in [-0.39, 0.29) is 0 Å². The number of benzene rings is 2. The van der Waals surface area contributed by atoms with Crippen molar-refractivity contribution in [2.45, 2.75) is 26.9 Å². The van der Waals surface area contributed by atoms with E-state index in [1.165, 1.54) is 11.1 Å². The van der Waals surface area contributed by atoms with Crippen LogP contribution in [0.1, 0.15) is 22.4 Å². The molecule has 0 unspecified atom stereocenters. The number of aryl methyl sites for hydroxylation is 2. The number of nitrogens with two attached hydrogens (primary N) is 1. The van der Waals surface area contributed by atoms with Gasteiger partial charge >= 0.3 is 0 Å². The summed E-state index contributed by atoms with van der Waals surface area (Å²) >= 11 is 0. The first-order valence-electron chi connectivity index (χ1n) is 11.4. The Kier molecular flexibility index (Phi) is 6.01. The van der Waals surface area contributed by atoms with Gasteiger partial charge in [-0.2, -0.15) is 0 Å². The molecule has 5 rings (SSSR count). The minimum absolute atomic E-state index is 0.552. The zero-order valence-electron chi connectivity index (χ0n) is 20.0. The molecule has 4 N–H and O–H groups in total. The highest BCUT2D eigenvalue weighted by atomic mass is 16.5. The molecular weight excluding hydrogens is 438 g/mol. The number of hydrogen-bond acceptors (Lipinski definition) is 8. The molecule has 0 amide bonds. The summed E-state index contributed by atoms with van der Waals surface area (Å²) in [6.45, 7) is 5.40. The van der Waals surface area contributed by atoms with Crippen molar-refractivity contribution in [2.75, 3.05) is 23.5 Å². The van der Waals surface area contributed by atoms with Gasteiger partial charge in [0.05, 0.1) is 24.9 Å². The Morgan fingerprint density at radius 3 is 2.46 bits per heavy atom. The van der Waals surface area contributed by atoms with Gasteiger partial charge in [-0.15, -0.1) is 0 Å². The van der Waals surface area contributed by atoms with Crippen LogP contribution >= 0.6 is 0 Å². The van der Waals surface area contributed by atoms with E-state index in [1.807, 2.05) is 42.5 Å². The van der Waals surface area contributed by atoms with Crippen molar-refractivity contribution in [1.29, 1.82) is 0 Å². The van der Waals surface area contributed by atoms with Crippen LogP contribution in [-0.4, -0.2) is 27.0 Å². The molecule has 0 bridgehead atoms. The van der Waals surface area contributed by atoms with Crippen molar-refractivity contribution >= 4 is 39.1 Å². The first-order valence-corrected chi connectivity index (χ1v) is 11.4. The van der Waals surface area contributed by atoms with E-state index in [0.717, 1.165) is 50.3 Å². The average molecular weight is 466 g/mol. The standard InChI is InChI=1S/C27H27N7O/c1-16-10-22-21(8-9-29-27(22)28)17(2)23(16)14-31-26-12-25(32-15-33-26)30-13-19-5-4-18-11-20(35-3)6-7-24(18)34-19/h4-12,15H,13-14H2,1-3H3,(H2,28,29)(H2,30,31,32,33).